The minimum absolute atomic E-state index is 0.170. The molecule has 0 saturated carbocycles. The van der Waals surface area contributed by atoms with E-state index in [9.17, 15) is 14.0 Å². The Hall–Kier alpha value is -4.17. The fourth-order valence-corrected chi connectivity index (χ4v) is 5.68. The van der Waals surface area contributed by atoms with Crippen molar-refractivity contribution in [1.82, 2.24) is 0 Å². The fraction of sp³-hybridized carbons (Fsp3) is 0.241. The molecule has 0 unspecified atom stereocenters. The maximum atomic E-state index is 13.6. The van der Waals surface area contributed by atoms with Gasteiger partial charge in [0.15, 0.2) is 0 Å². The maximum absolute atomic E-state index is 13.6. The van der Waals surface area contributed by atoms with E-state index in [0.717, 1.165) is 52.1 Å². The molecule has 2 amide bonds. The Morgan fingerprint density at radius 3 is 2.00 bits per heavy atom. The first-order valence-electron chi connectivity index (χ1n) is 12.3. The molecule has 0 saturated heterocycles. The molecule has 188 valence electrons. The normalized spacial score (nSPS) is 16.4. The van der Waals surface area contributed by atoms with Crippen LogP contribution in [0, 0.1) is 5.82 Å². The Morgan fingerprint density at radius 1 is 0.919 bits per heavy atom. The smallest absolute Gasteiger partial charge is 0.211 e. The third kappa shape index (κ3) is 4.56. The van der Waals surface area contributed by atoms with E-state index in [0.29, 0.717) is 37.0 Å². The molecule has 0 fully saturated rings. The molecule has 1 heterocycles. The second kappa shape index (κ2) is 10.1. The van der Waals surface area contributed by atoms with Gasteiger partial charge in [0.1, 0.15) is 5.82 Å². The SMILES string of the molecule is C[C@H](N)CC1(C2=NN=C(c3ccc(F)cc3)C2)c2ccc(NC=O)cc2CCc2cc(NC=O)ccc21. The van der Waals surface area contributed by atoms with E-state index in [-0.39, 0.29) is 11.9 Å². The number of carbonyl (C=O) groups excluding carboxylic acids is 2. The summed E-state index contributed by atoms with van der Waals surface area (Å²) in [5.41, 5.74) is 14.0. The van der Waals surface area contributed by atoms with Gasteiger partial charge in [0.2, 0.25) is 12.8 Å². The molecular formula is C29H28FN5O2. The van der Waals surface area contributed by atoms with Crippen LogP contribution in [-0.2, 0) is 27.8 Å². The van der Waals surface area contributed by atoms with Crippen LogP contribution in [0.4, 0.5) is 15.8 Å². The summed E-state index contributed by atoms with van der Waals surface area (Å²) in [6.45, 7) is 1.98. The van der Waals surface area contributed by atoms with Gasteiger partial charge in [-0.25, -0.2) is 4.39 Å². The van der Waals surface area contributed by atoms with Crippen LogP contribution in [0.15, 0.2) is 70.9 Å². The number of aryl methyl sites for hydroxylation is 2. The monoisotopic (exact) mass is 497 g/mol. The van der Waals surface area contributed by atoms with Gasteiger partial charge in [0, 0.05) is 23.8 Å². The van der Waals surface area contributed by atoms with Crippen molar-refractivity contribution in [3.05, 3.63) is 94.3 Å². The molecule has 4 N–H and O–H groups in total. The van der Waals surface area contributed by atoms with Gasteiger partial charge in [0.05, 0.1) is 16.8 Å². The number of rotatable bonds is 8. The Bertz CT molecular complexity index is 1350. The largest absolute Gasteiger partial charge is 0.329 e. The summed E-state index contributed by atoms with van der Waals surface area (Å²) in [6, 6.07) is 18.0. The number of halogens is 1. The van der Waals surface area contributed by atoms with Crippen LogP contribution in [0.2, 0.25) is 0 Å². The van der Waals surface area contributed by atoms with E-state index in [4.69, 9.17) is 10.8 Å². The van der Waals surface area contributed by atoms with E-state index in [2.05, 4.69) is 27.9 Å². The zero-order valence-corrected chi connectivity index (χ0v) is 20.5. The molecule has 0 aromatic heterocycles. The first-order valence-corrected chi connectivity index (χ1v) is 12.3. The highest BCUT2D eigenvalue weighted by molar-refractivity contribution is 6.19. The Labute approximate surface area is 214 Å². The van der Waals surface area contributed by atoms with Gasteiger partial charge in [0.25, 0.3) is 0 Å². The lowest BCUT2D eigenvalue weighted by molar-refractivity contribution is -0.106. The molecule has 3 aromatic carbocycles. The molecule has 1 aliphatic carbocycles. The molecule has 0 bridgehead atoms. The van der Waals surface area contributed by atoms with Gasteiger partial charge in [-0.05, 0) is 90.4 Å². The molecule has 3 aromatic rings. The van der Waals surface area contributed by atoms with Crippen molar-refractivity contribution in [2.75, 3.05) is 10.6 Å². The maximum Gasteiger partial charge on any atom is 0.211 e. The van der Waals surface area contributed by atoms with Crippen LogP contribution >= 0.6 is 0 Å². The molecule has 0 radical (unpaired) electrons. The number of nitrogens with two attached hydrogens (primary N) is 1. The molecule has 5 rings (SSSR count). The number of hydrogen-bond donors (Lipinski definition) is 3. The van der Waals surface area contributed by atoms with Gasteiger partial charge < -0.3 is 16.4 Å². The molecule has 1 atom stereocenters. The highest BCUT2D eigenvalue weighted by atomic mass is 19.1. The number of carbonyl (C=O) groups is 2. The van der Waals surface area contributed by atoms with Crippen LogP contribution in [0.3, 0.4) is 0 Å². The number of amides is 2. The molecule has 2 aliphatic rings. The number of fused-ring (bicyclic) bond motifs is 2. The number of anilines is 2. The van der Waals surface area contributed by atoms with E-state index in [1.54, 1.807) is 12.1 Å². The van der Waals surface area contributed by atoms with E-state index >= 15 is 0 Å². The quantitative estimate of drug-likeness (QED) is 0.403. The molecule has 37 heavy (non-hydrogen) atoms. The van der Waals surface area contributed by atoms with Crippen LogP contribution < -0.4 is 16.4 Å². The average molecular weight is 498 g/mol. The minimum Gasteiger partial charge on any atom is -0.329 e. The second-order valence-electron chi connectivity index (χ2n) is 9.63. The molecular weight excluding hydrogens is 469 g/mol. The Morgan fingerprint density at radius 2 is 1.49 bits per heavy atom. The van der Waals surface area contributed by atoms with Crippen molar-refractivity contribution < 1.29 is 14.0 Å². The number of benzene rings is 3. The van der Waals surface area contributed by atoms with Gasteiger partial charge in [-0.1, -0.05) is 24.3 Å². The van der Waals surface area contributed by atoms with Gasteiger partial charge in [-0.2, -0.15) is 10.2 Å². The lowest BCUT2D eigenvalue weighted by Gasteiger charge is -2.38. The summed E-state index contributed by atoms with van der Waals surface area (Å²) >= 11 is 0. The molecule has 7 nitrogen and oxygen atoms in total. The van der Waals surface area contributed by atoms with E-state index in [1.165, 1.54) is 12.1 Å². The van der Waals surface area contributed by atoms with E-state index in [1.807, 2.05) is 31.2 Å². The minimum atomic E-state index is -0.681. The van der Waals surface area contributed by atoms with Gasteiger partial charge in [-0.3, -0.25) is 9.59 Å². The van der Waals surface area contributed by atoms with Crippen molar-refractivity contribution in [1.29, 1.82) is 0 Å². The lowest BCUT2D eigenvalue weighted by atomic mass is 9.64. The molecule has 8 heteroatoms. The highest BCUT2D eigenvalue weighted by Crippen LogP contribution is 2.47. The van der Waals surface area contributed by atoms with Crippen LogP contribution in [-0.4, -0.2) is 30.3 Å². The predicted molar refractivity (Wildman–Crippen MR) is 144 cm³/mol. The summed E-state index contributed by atoms with van der Waals surface area (Å²) in [5, 5.41) is 14.8. The first-order chi connectivity index (χ1) is 17.9. The summed E-state index contributed by atoms with van der Waals surface area (Å²) < 4.78 is 13.6. The lowest BCUT2D eigenvalue weighted by Crippen LogP contribution is -2.42. The van der Waals surface area contributed by atoms with Crippen molar-refractivity contribution in [2.45, 2.75) is 44.1 Å². The standard InChI is InChI=1S/C29H28FN5O2/c1-18(31)15-29(28-14-27(34-35-28)19-4-6-22(30)7-5-19)25-10-8-23(32-16-36)12-20(25)2-3-21-13-24(33-17-37)9-11-26(21)29/h4-13,16-18H,2-3,14-15,31H2,1H3,(H,32,36)(H,33,37)/t18-/m0/s1. The zero-order chi connectivity index (χ0) is 26.0. The van der Waals surface area contributed by atoms with Gasteiger partial charge >= 0.3 is 0 Å². The molecule has 0 spiro atoms. The van der Waals surface area contributed by atoms with Gasteiger partial charge in [-0.15, -0.1) is 0 Å². The second-order valence-corrected chi connectivity index (χ2v) is 9.63. The van der Waals surface area contributed by atoms with Crippen LogP contribution in [0.25, 0.3) is 0 Å². The Balaban J connectivity index is 1.69. The number of nitrogens with one attached hydrogen (secondary N) is 2. The Kier molecular flexibility index (Phi) is 6.67. The predicted octanol–water partition coefficient (Wildman–Crippen LogP) is 4.33. The fourth-order valence-electron chi connectivity index (χ4n) is 5.68. The van der Waals surface area contributed by atoms with Crippen LogP contribution in [0.1, 0.15) is 47.6 Å². The summed E-state index contributed by atoms with van der Waals surface area (Å²) in [6.07, 6.45) is 3.88. The first kappa shape index (κ1) is 24.5. The number of nitrogens with zero attached hydrogens (tertiary/aromatic N) is 2. The van der Waals surface area contributed by atoms with E-state index < -0.39 is 5.41 Å². The van der Waals surface area contributed by atoms with Crippen molar-refractivity contribution in [3.63, 3.8) is 0 Å². The molecule has 1 aliphatic heterocycles. The third-order valence-electron chi connectivity index (χ3n) is 7.17. The summed E-state index contributed by atoms with van der Waals surface area (Å²) in [5.74, 6) is -0.303. The number of hydrogen-bond acceptors (Lipinski definition) is 5. The van der Waals surface area contributed by atoms with Crippen molar-refractivity contribution in [2.24, 2.45) is 15.9 Å². The summed E-state index contributed by atoms with van der Waals surface area (Å²) in [7, 11) is 0. The average Bonchev–Trinajstić information content (AvgIpc) is 3.33. The topological polar surface area (TPSA) is 109 Å². The third-order valence-corrected chi connectivity index (χ3v) is 7.17. The summed E-state index contributed by atoms with van der Waals surface area (Å²) in [4.78, 5) is 22.3. The zero-order valence-electron chi connectivity index (χ0n) is 20.5. The van der Waals surface area contributed by atoms with Crippen LogP contribution in [0.5, 0.6) is 0 Å². The highest BCUT2D eigenvalue weighted by Gasteiger charge is 2.46. The van der Waals surface area contributed by atoms with Crippen molar-refractivity contribution in [3.8, 4) is 0 Å². The van der Waals surface area contributed by atoms with Crippen molar-refractivity contribution >= 4 is 35.6 Å².